The smallest absolute Gasteiger partial charge is 0.194 e. The van der Waals surface area contributed by atoms with Crippen LogP contribution in [0.4, 0.5) is 0 Å². The molecule has 1 heteroatoms. The Kier molecular flexibility index (Phi) is 1.78. The van der Waals surface area contributed by atoms with Crippen molar-refractivity contribution in [2.45, 2.75) is 13.8 Å². The van der Waals surface area contributed by atoms with E-state index in [-0.39, 0.29) is 5.78 Å². The van der Waals surface area contributed by atoms with Crippen molar-refractivity contribution in [3.8, 4) is 11.1 Å². The number of fused-ring (bicyclic) bond motifs is 3. The molecule has 3 rings (SSSR count). The Morgan fingerprint density at radius 1 is 0.875 bits per heavy atom. The van der Waals surface area contributed by atoms with Crippen LogP contribution < -0.4 is 0 Å². The Balaban J connectivity index is 2.41. The molecule has 78 valence electrons. The van der Waals surface area contributed by atoms with Crippen LogP contribution in [-0.4, -0.2) is 5.78 Å². The maximum atomic E-state index is 12.2. The zero-order valence-corrected chi connectivity index (χ0v) is 9.37. The average Bonchev–Trinajstić information content (AvgIpc) is 2.55. The second-order valence-electron chi connectivity index (χ2n) is 4.38. The van der Waals surface area contributed by atoms with E-state index in [0.717, 1.165) is 27.8 Å². The zero-order valence-electron chi connectivity index (χ0n) is 9.37. The molecule has 0 saturated heterocycles. The van der Waals surface area contributed by atoms with Crippen LogP contribution in [-0.2, 0) is 0 Å². The van der Waals surface area contributed by atoms with E-state index in [1.54, 1.807) is 0 Å². The fourth-order valence-electron chi connectivity index (χ4n) is 2.42. The number of aryl methyl sites for hydroxylation is 2. The lowest BCUT2D eigenvalue weighted by Crippen LogP contribution is -1.95. The van der Waals surface area contributed by atoms with Crippen LogP contribution in [0.15, 0.2) is 36.4 Å². The van der Waals surface area contributed by atoms with Crippen molar-refractivity contribution >= 4 is 5.78 Å². The third-order valence-electron chi connectivity index (χ3n) is 3.21. The fraction of sp³-hybridized carbons (Fsp3) is 0.133. The number of carbonyl (C=O) groups excluding carboxylic acids is 1. The van der Waals surface area contributed by atoms with E-state index < -0.39 is 0 Å². The SMILES string of the molecule is Cc1ccc2c(c1)C(=O)c1cccc(C)c1-2. The molecule has 1 nitrogen and oxygen atoms in total. The second kappa shape index (κ2) is 3.05. The summed E-state index contributed by atoms with van der Waals surface area (Å²) in [6.45, 7) is 4.07. The summed E-state index contributed by atoms with van der Waals surface area (Å²) in [5, 5.41) is 0. The maximum Gasteiger partial charge on any atom is 0.194 e. The van der Waals surface area contributed by atoms with Gasteiger partial charge in [-0.15, -0.1) is 0 Å². The van der Waals surface area contributed by atoms with Gasteiger partial charge in [-0.25, -0.2) is 0 Å². The van der Waals surface area contributed by atoms with Gasteiger partial charge in [0.25, 0.3) is 0 Å². The molecule has 0 bridgehead atoms. The number of hydrogen-bond acceptors (Lipinski definition) is 1. The van der Waals surface area contributed by atoms with Crippen LogP contribution in [0.1, 0.15) is 27.0 Å². The third-order valence-corrected chi connectivity index (χ3v) is 3.21. The van der Waals surface area contributed by atoms with E-state index in [1.807, 2.05) is 25.1 Å². The molecule has 0 unspecified atom stereocenters. The number of benzene rings is 2. The third kappa shape index (κ3) is 1.09. The van der Waals surface area contributed by atoms with Gasteiger partial charge in [-0.3, -0.25) is 4.79 Å². The molecule has 1 aliphatic carbocycles. The average molecular weight is 208 g/mol. The molecule has 0 amide bonds. The van der Waals surface area contributed by atoms with Crippen LogP contribution in [0.25, 0.3) is 11.1 Å². The van der Waals surface area contributed by atoms with Crippen molar-refractivity contribution < 1.29 is 4.79 Å². The monoisotopic (exact) mass is 208 g/mol. The first-order chi connectivity index (χ1) is 7.68. The van der Waals surface area contributed by atoms with Gasteiger partial charge in [0.15, 0.2) is 5.78 Å². The standard InChI is InChI=1S/C15H12O/c1-9-6-7-11-13(8-9)15(16)12-5-3-4-10(2)14(11)12/h3-8H,1-2H3. The molecule has 2 aromatic rings. The highest BCUT2D eigenvalue weighted by Crippen LogP contribution is 2.38. The summed E-state index contributed by atoms with van der Waals surface area (Å²) in [5.41, 5.74) is 6.21. The molecule has 0 spiro atoms. The number of rotatable bonds is 0. The van der Waals surface area contributed by atoms with Gasteiger partial charge >= 0.3 is 0 Å². The number of hydrogen-bond donors (Lipinski definition) is 0. The van der Waals surface area contributed by atoms with E-state index in [1.165, 1.54) is 5.56 Å². The molecule has 0 N–H and O–H groups in total. The summed E-state index contributed by atoms with van der Waals surface area (Å²) in [6, 6.07) is 12.0. The Morgan fingerprint density at radius 2 is 1.69 bits per heavy atom. The van der Waals surface area contributed by atoms with Crippen LogP contribution in [0.3, 0.4) is 0 Å². The van der Waals surface area contributed by atoms with Gasteiger partial charge < -0.3 is 0 Å². The van der Waals surface area contributed by atoms with Gasteiger partial charge in [0.2, 0.25) is 0 Å². The molecule has 0 fully saturated rings. The minimum atomic E-state index is 0.164. The Labute approximate surface area is 94.7 Å². The summed E-state index contributed by atoms with van der Waals surface area (Å²) in [6.07, 6.45) is 0. The second-order valence-corrected chi connectivity index (χ2v) is 4.38. The quantitative estimate of drug-likeness (QED) is 0.552. The van der Waals surface area contributed by atoms with Gasteiger partial charge in [0.1, 0.15) is 0 Å². The highest BCUT2D eigenvalue weighted by Gasteiger charge is 2.27. The summed E-state index contributed by atoms with van der Waals surface area (Å²) in [5.74, 6) is 0.164. The number of ketones is 1. The van der Waals surface area contributed by atoms with Crippen LogP contribution in [0.5, 0.6) is 0 Å². The van der Waals surface area contributed by atoms with Crippen molar-refractivity contribution in [2.75, 3.05) is 0 Å². The van der Waals surface area contributed by atoms with Crippen molar-refractivity contribution in [3.05, 3.63) is 58.7 Å². The molecule has 0 aromatic heterocycles. The molecule has 0 aliphatic heterocycles. The van der Waals surface area contributed by atoms with Crippen LogP contribution >= 0.6 is 0 Å². The van der Waals surface area contributed by atoms with Crippen LogP contribution in [0, 0.1) is 13.8 Å². The summed E-state index contributed by atoms with van der Waals surface area (Å²) in [4.78, 5) is 12.2. The van der Waals surface area contributed by atoms with E-state index >= 15 is 0 Å². The fourth-order valence-corrected chi connectivity index (χ4v) is 2.42. The van der Waals surface area contributed by atoms with E-state index in [0.29, 0.717) is 0 Å². The zero-order chi connectivity index (χ0) is 11.3. The predicted octanol–water partition coefficient (Wildman–Crippen LogP) is 3.51. The molecule has 0 saturated carbocycles. The van der Waals surface area contributed by atoms with Gasteiger partial charge in [-0.2, -0.15) is 0 Å². The first-order valence-electron chi connectivity index (χ1n) is 5.44. The van der Waals surface area contributed by atoms with Crippen molar-refractivity contribution in [1.29, 1.82) is 0 Å². The van der Waals surface area contributed by atoms with Crippen molar-refractivity contribution in [2.24, 2.45) is 0 Å². The van der Waals surface area contributed by atoms with E-state index in [4.69, 9.17) is 0 Å². The first-order valence-corrected chi connectivity index (χ1v) is 5.44. The van der Waals surface area contributed by atoms with E-state index in [2.05, 4.69) is 25.1 Å². The molecule has 1 aliphatic rings. The normalized spacial score (nSPS) is 12.5. The van der Waals surface area contributed by atoms with E-state index in [9.17, 15) is 4.79 Å². The van der Waals surface area contributed by atoms with Gasteiger partial charge in [0, 0.05) is 11.1 Å². The molecule has 2 aromatic carbocycles. The molecule has 0 heterocycles. The highest BCUT2D eigenvalue weighted by atomic mass is 16.1. The van der Waals surface area contributed by atoms with Crippen molar-refractivity contribution in [3.63, 3.8) is 0 Å². The van der Waals surface area contributed by atoms with Gasteiger partial charge in [-0.05, 0) is 36.6 Å². The van der Waals surface area contributed by atoms with Gasteiger partial charge in [-0.1, -0.05) is 35.9 Å². The highest BCUT2D eigenvalue weighted by molar-refractivity contribution is 6.22. The molecular weight excluding hydrogens is 196 g/mol. The minimum Gasteiger partial charge on any atom is -0.289 e. The summed E-state index contributed by atoms with van der Waals surface area (Å²) >= 11 is 0. The molecular formula is C15H12O. The molecule has 0 radical (unpaired) electrons. The topological polar surface area (TPSA) is 17.1 Å². The maximum absolute atomic E-state index is 12.2. The Hall–Kier alpha value is -1.89. The molecule has 0 atom stereocenters. The minimum absolute atomic E-state index is 0.164. The lowest BCUT2D eigenvalue weighted by atomic mass is 10.00. The van der Waals surface area contributed by atoms with Crippen molar-refractivity contribution in [1.82, 2.24) is 0 Å². The summed E-state index contributed by atoms with van der Waals surface area (Å²) < 4.78 is 0. The first kappa shape index (κ1) is 9.34. The Morgan fingerprint density at radius 3 is 2.50 bits per heavy atom. The lowest BCUT2D eigenvalue weighted by Gasteiger charge is -2.03. The van der Waals surface area contributed by atoms with Gasteiger partial charge in [0.05, 0.1) is 0 Å². The Bertz CT molecular complexity index is 609. The molecule has 16 heavy (non-hydrogen) atoms. The van der Waals surface area contributed by atoms with Crippen LogP contribution in [0.2, 0.25) is 0 Å². The number of carbonyl (C=O) groups is 1. The largest absolute Gasteiger partial charge is 0.289 e. The lowest BCUT2D eigenvalue weighted by molar-refractivity contribution is 0.104. The predicted molar refractivity (Wildman–Crippen MR) is 64.8 cm³/mol. The summed E-state index contributed by atoms with van der Waals surface area (Å²) in [7, 11) is 0.